The molecule has 2 aromatic rings. The summed E-state index contributed by atoms with van der Waals surface area (Å²) in [6.07, 6.45) is 3.26. The van der Waals surface area contributed by atoms with E-state index in [1.807, 2.05) is 60.2 Å². The van der Waals surface area contributed by atoms with Crippen LogP contribution in [-0.4, -0.2) is 64.8 Å². The van der Waals surface area contributed by atoms with Gasteiger partial charge in [-0.05, 0) is 44.7 Å². The lowest BCUT2D eigenvalue weighted by atomic mass is 9.76. The van der Waals surface area contributed by atoms with Crippen molar-refractivity contribution in [2.45, 2.75) is 51.9 Å². The zero-order valence-electron chi connectivity index (χ0n) is 20.2. The number of hydrogen-bond acceptors (Lipinski definition) is 5. The smallest absolute Gasteiger partial charge is 0.253 e. The number of nitrogens with zero attached hydrogens (tertiary/aromatic N) is 4. The van der Waals surface area contributed by atoms with Crippen LogP contribution in [0.15, 0.2) is 36.4 Å². The van der Waals surface area contributed by atoms with Gasteiger partial charge in [-0.1, -0.05) is 32.0 Å². The maximum atomic E-state index is 13.7. The topological polar surface area (TPSA) is 78.4 Å². The van der Waals surface area contributed by atoms with Crippen molar-refractivity contribution in [1.82, 2.24) is 19.8 Å². The number of carbonyl (C=O) groups is 2. The van der Waals surface area contributed by atoms with Crippen molar-refractivity contribution in [1.29, 1.82) is 0 Å². The molecule has 1 unspecified atom stereocenters. The predicted molar refractivity (Wildman–Crippen MR) is 129 cm³/mol. The molecule has 0 radical (unpaired) electrons. The minimum Gasteiger partial charge on any atom is -0.373 e. The van der Waals surface area contributed by atoms with Crippen molar-refractivity contribution in [3.63, 3.8) is 0 Å². The number of aromatic nitrogens is 2. The molecule has 1 aromatic carbocycles. The Morgan fingerprint density at radius 1 is 0.970 bits per heavy atom. The van der Waals surface area contributed by atoms with Gasteiger partial charge in [0, 0.05) is 61.4 Å². The Morgan fingerprint density at radius 3 is 2.33 bits per heavy atom. The average molecular weight is 450 g/mol. The number of nitrogens with one attached hydrogen (secondary N) is 1. The molecular formula is C26H35N5O2. The van der Waals surface area contributed by atoms with Gasteiger partial charge in [-0.3, -0.25) is 9.59 Å². The second-order valence-electron chi connectivity index (χ2n) is 10.1. The first-order valence-corrected chi connectivity index (χ1v) is 11.9. The molecule has 4 rings (SSSR count). The van der Waals surface area contributed by atoms with E-state index in [1.165, 1.54) is 0 Å². The SMILES string of the molecule is CNc1cc(C)nc(C2(C)CCCN(C(=O)C3(C)CCN(C(=O)c4ccccc4)CC3)C2)n1. The number of carbonyl (C=O) groups excluding carboxylic acids is 2. The lowest BCUT2D eigenvalue weighted by Crippen LogP contribution is -2.54. The molecule has 0 saturated carbocycles. The number of aryl methyl sites for hydroxylation is 1. The maximum Gasteiger partial charge on any atom is 0.253 e. The van der Waals surface area contributed by atoms with Crippen LogP contribution in [0.2, 0.25) is 0 Å². The summed E-state index contributed by atoms with van der Waals surface area (Å²) in [5.74, 6) is 1.86. The Morgan fingerprint density at radius 2 is 1.67 bits per heavy atom. The Balaban J connectivity index is 1.44. The van der Waals surface area contributed by atoms with E-state index in [9.17, 15) is 9.59 Å². The van der Waals surface area contributed by atoms with Crippen LogP contribution in [-0.2, 0) is 10.2 Å². The fraction of sp³-hybridized carbons (Fsp3) is 0.538. The van der Waals surface area contributed by atoms with E-state index in [0.29, 0.717) is 38.0 Å². The zero-order valence-corrected chi connectivity index (χ0v) is 20.2. The summed E-state index contributed by atoms with van der Waals surface area (Å²) >= 11 is 0. The summed E-state index contributed by atoms with van der Waals surface area (Å²) in [5.41, 5.74) is 0.913. The molecule has 1 N–H and O–H groups in total. The second-order valence-corrected chi connectivity index (χ2v) is 10.1. The molecule has 1 aromatic heterocycles. The molecule has 0 bridgehead atoms. The summed E-state index contributed by atoms with van der Waals surface area (Å²) < 4.78 is 0. The molecule has 3 heterocycles. The van der Waals surface area contributed by atoms with Gasteiger partial charge in [0.05, 0.1) is 0 Å². The minimum absolute atomic E-state index is 0.0487. The molecule has 2 aliphatic rings. The van der Waals surface area contributed by atoms with Gasteiger partial charge in [0.25, 0.3) is 5.91 Å². The van der Waals surface area contributed by atoms with Crippen molar-refractivity contribution in [2.24, 2.45) is 5.41 Å². The maximum absolute atomic E-state index is 13.7. The molecular weight excluding hydrogens is 414 g/mol. The lowest BCUT2D eigenvalue weighted by Gasteiger charge is -2.45. The predicted octanol–water partition coefficient (Wildman–Crippen LogP) is 3.65. The normalized spacial score (nSPS) is 22.7. The molecule has 0 spiro atoms. The quantitative estimate of drug-likeness (QED) is 0.771. The molecule has 7 nitrogen and oxygen atoms in total. The Labute approximate surface area is 196 Å². The largest absolute Gasteiger partial charge is 0.373 e. The zero-order chi connectivity index (χ0) is 23.6. The first-order chi connectivity index (χ1) is 15.7. The van der Waals surface area contributed by atoms with Crippen molar-refractivity contribution in [2.75, 3.05) is 38.5 Å². The first kappa shape index (κ1) is 23.2. The molecule has 2 saturated heterocycles. The minimum atomic E-state index is -0.449. The van der Waals surface area contributed by atoms with Gasteiger partial charge in [0.2, 0.25) is 5.91 Å². The summed E-state index contributed by atoms with van der Waals surface area (Å²) in [5, 5.41) is 3.12. The third-order valence-corrected chi connectivity index (χ3v) is 7.33. The van der Waals surface area contributed by atoms with Crippen LogP contribution in [0.4, 0.5) is 5.82 Å². The van der Waals surface area contributed by atoms with Crippen molar-refractivity contribution in [3.8, 4) is 0 Å². The van der Waals surface area contributed by atoms with E-state index in [1.54, 1.807) is 0 Å². The standard InChI is InChI=1S/C26H35N5O2/c1-19-17-21(27-4)29-23(28-19)26(3)11-8-14-31(18-26)24(33)25(2)12-15-30(16-13-25)22(32)20-9-6-5-7-10-20/h5-7,9-10,17H,8,11-16,18H2,1-4H3,(H,27,28,29). The van der Waals surface area contributed by atoms with Crippen LogP contribution in [0.5, 0.6) is 0 Å². The summed E-state index contributed by atoms with van der Waals surface area (Å²) in [4.78, 5) is 39.9. The highest BCUT2D eigenvalue weighted by atomic mass is 16.2. The van der Waals surface area contributed by atoms with Crippen molar-refractivity contribution in [3.05, 3.63) is 53.5 Å². The molecule has 2 fully saturated rings. The van der Waals surface area contributed by atoms with E-state index in [4.69, 9.17) is 9.97 Å². The van der Waals surface area contributed by atoms with Crippen LogP contribution in [0.1, 0.15) is 61.4 Å². The highest BCUT2D eigenvalue weighted by Crippen LogP contribution is 2.38. The highest BCUT2D eigenvalue weighted by Gasteiger charge is 2.44. The van der Waals surface area contributed by atoms with E-state index in [0.717, 1.165) is 36.7 Å². The van der Waals surface area contributed by atoms with Crippen molar-refractivity contribution < 1.29 is 9.59 Å². The molecule has 2 amide bonds. The van der Waals surface area contributed by atoms with E-state index in [2.05, 4.69) is 19.2 Å². The average Bonchev–Trinajstić information content (AvgIpc) is 2.83. The second kappa shape index (κ2) is 9.12. The number of likely N-dealkylation sites (tertiary alicyclic amines) is 2. The van der Waals surface area contributed by atoms with E-state index >= 15 is 0 Å². The van der Waals surface area contributed by atoms with Crippen LogP contribution >= 0.6 is 0 Å². The first-order valence-electron chi connectivity index (χ1n) is 11.9. The lowest BCUT2D eigenvalue weighted by molar-refractivity contribution is -0.146. The molecule has 1 atom stereocenters. The third-order valence-electron chi connectivity index (χ3n) is 7.33. The number of piperidine rings is 2. The van der Waals surface area contributed by atoms with Gasteiger partial charge in [0.1, 0.15) is 11.6 Å². The molecule has 176 valence electrons. The van der Waals surface area contributed by atoms with E-state index in [-0.39, 0.29) is 17.2 Å². The van der Waals surface area contributed by atoms with Crippen LogP contribution in [0.25, 0.3) is 0 Å². The van der Waals surface area contributed by atoms with Gasteiger partial charge < -0.3 is 15.1 Å². The Kier molecular flexibility index (Phi) is 6.41. The van der Waals surface area contributed by atoms with Gasteiger partial charge in [-0.15, -0.1) is 0 Å². The third kappa shape index (κ3) is 4.72. The summed E-state index contributed by atoms with van der Waals surface area (Å²) in [7, 11) is 1.86. The van der Waals surface area contributed by atoms with Crippen LogP contribution < -0.4 is 5.32 Å². The summed E-state index contributed by atoms with van der Waals surface area (Å²) in [6.45, 7) is 8.81. The van der Waals surface area contributed by atoms with Crippen LogP contribution in [0, 0.1) is 12.3 Å². The van der Waals surface area contributed by atoms with Gasteiger partial charge >= 0.3 is 0 Å². The molecule has 2 aliphatic heterocycles. The summed E-state index contributed by atoms with van der Waals surface area (Å²) in [6, 6.07) is 11.3. The fourth-order valence-corrected chi connectivity index (χ4v) is 5.12. The Hall–Kier alpha value is -2.96. The van der Waals surface area contributed by atoms with Crippen LogP contribution in [0.3, 0.4) is 0 Å². The van der Waals surface area contributed by atoms with Gasteiger partial charge in [0.15, 0.2) is 0 Å². The fourth-order valence-electron chi connectivity index (χ4n) is 5.12. The highest BCUT2D eigenvalue weighted by molar-refractivity contribution is 5.94. The number of hydrogen-bond donors (Lipinski definition) is 1. The monoisotopic (exact) mass is 449 g/mol. The van der Waals surface area contributed by atoms with Gasteiger partial charge in [-0.25, -0.2) is 9.97 Å². The van der Waals surface area contributed by atoms with Crippen molar-refractivity contribution >= 4 is 17.6 Å². The molecule has 7 heteroatoms. The van der Waals surface area contributed by atoms with Gasteiger partial charge in [-0.2, -0.15) is 0 Å². The van der Waals surface area contributed by atoms with E-state index < -0.39 is 5.41 Å². The number of anilines is 1. The number of amides is 2. The molecule has 0 aliphatic carbocycles. The molecule has 33 heavy (non-hydrogen) atoms. The number of rotatable bonds is 4. The Bertz CT molecular complexity index is 1020. The number of benzene rings is 1.